The first-order chi connectivity index (χ1) is 15.2. The Morgan fingerprint density at radius 2 is 1.00 bits per heavy atom. The summed E-state index contributed by atoms with van der Waals surface area (Å²) in [6.45, 7) is 1.01. The minimum absolute atomic E-state index is 0.0278. The lowest BCUT2D eigenvalue weighted by atomic mass is 10.1. The third-order valence-electron chi connectivity index (χ3n) is 4.22. The molecule has 0 aliphatic carbocycles. The molecule has 2 rings (SSSR count). The van der Waals surface area contributed by atoms with Crippen molar-refractivity contribution in [2.75, 3.05) is 13.2 Å². The van der Waals surface area contributed by atoms with Crippen molar-refractivity contribution in [2.24, 2.45) is 0 Å². The first-order valence-electron chi connectivity index (χ1n) is 9.69. The number of para-hydroxylation sites is 2. The summed E-state index contributed by atoms with van der Waals surface area (Å²) in [6, 6.07) is 21.9. The van der Waals surface area contributed by atoms with Crippen LogP contribution in [-0.4, -0.2) is 13.2 Å². The minimum Gasteiger partial charge on any atom is -0.493 e. The van der Waals surface area contributed by atoms with Crippen LogP contribution in [0.1, 0.15) is 30.4 Å². The topological polar surface area (TPSA) is 114 Å². The lowest BCUT2D eigenvalue weighted by molar-refractivity contribution is 0.279. The molecule has 0 N–H and O–H groups in total. The Kier molecular flexibility index (Phi) is 9.43. The monoisotopic (exact) mass is 408 g/mol. The number of rotatable bonds is 10. The van der Waals surface area contributed by atoms with Gasteiger partial charge in [0.2, 0.25) is 0 Å². The van der Waals surface area contributed by atoms with Crippen molar-refractivity contribution >= 4 is 12.2 Å². The predicted octanol–water partition coefficient (Wildman–Crippen LogP) is 5.18. The van der Waals surface area contributed by atoms with Gasteiger partial charge in [0.1, 0.15) is 46.9 Å². The van der Waals surface area contributed by atoms with Crippen LogP contribution >= 0.6 is 0 Å². The van der Waals surface area contributed by atoms with Gasteiger partial charge in [-0.25, -0.2) is 0 Å². The summed E-state index contributed by atoms with van der Waals surface area (Å²) in [4.78, 5) is 0. The highest BCUT2D eigenvalue weighted by molar-refractivity contribution is 5.67. The SMILES string of the molecule is N#CC(C#N)=Cc1ccccc1OCCCCCOc1ccccc1C=C(C#N)C#N. The van der Waals surface area contributed by atoms with Crippen LogP contribution in [0.25, 0.3) is 12.2 Å². The van der Waals surface area contributed by atoms with E-state index in [2.05, 4.69) is 0 Å². The molecule has 0 aromatic heterocycles. The molecule has 0 unspecified atom stereocenters. The predicted molar refractivity (Wildman–Crippen MR) is 116 cm³/mol. The Morgan fingerprint density at radius 1 is 0.613 bits per heavy atom. The second-order valence-corrected chi connectivity index (χ2v) is 6.40. The molecule has 152 valence electrons. The Morgan fingerprint density at radius 3 is 1.39 bits per heavy atom. The van der Waals surface area contributed by atoms with Crippen molar-refractivity contribution in [3.8, 4) is 35.8 Å². The van der Waals surface area contributed by atoms with Crippen LogP contribution in [0, 0.1) is 45.3 Å². The zero-order valence-corrected chi connectivity index (χ0v) is 16.9. The smallest absolute Gasteiger partial charge is 0.130 e. The van der Waals surface area contributed by atoms with E-state index in [4.69, 9.17) is 30.5 Å². The van der Waals surface area contributed by atoms with Crippen molar-refractivity contribution in [1.82, 2.24) is 0 Å². The van der Waals surface area contributed by atoms with E-state index in [9.17, 15) is 0 Å². The molecule has 0 amide bonds. The van der Waals surface area contributed by atoms with Crippen LogP contribution in [-0.2, 0) is 0 Å². The van der Waals surface area contributed by atoms with Crippen LogP contribution in [0.2, 0.25) is 0 Å². The van der Waals surface area contributed by atoms with Crippen molar-refractivity contribution in [3.05, 3.63) is 70.8 Å². The fourth-order valence-electron chi connectivity index (χ4n) is 2.70. The van der Waals surface area contributed by atoms with E-state index >= 15 is 0 Å². The molecule has 0 atom stereocenters. The van der Waals surface area contributed by atoms with Crippen LogP contribution in [0.5, 0.6) is 11.5 Å². The fraction of sp³-hybridized carbons (Fsp3) is 0.200. The van der Waals surface area contributed by atoms with E-state index in [-0.39, 0.29) is 11.1 Å². The van der Waals surface area contributed by atoms with Gasteiger partial charge in [0.05, 0.1) is 13.2 Å². The summed E-state index contributed by atoms with van der Waals surface area (Å²) in [5.41, 5.74) is 1.45. The molecule has 0 spiro atoms. The molecule has 2 aromatic rings. The average molecular weight is 408 g/mol. The molecular formula is C25H20N4O2. The van der Waals surface area contributed by atoms with Gasteiger partial charge < -0.3 is 9.47 Å². The summed E-state index contributed by atoms with van der Waals surface area (Å²) in [7, 11) is 0. The normalized spacial score (nSPS) is 9.16. The molecular weight excluding hydrogens is 388 g/mol. The molecule has 0 aliphatic heterocycles. The number of hydrogen-bond donors (Lipinski definition) is 0. The van der Waals surface area contributed by atoms with Gasteiger partial charge in [0.15, 0.2) is 0 Å². The molecule has 0 aliphatic rings. The van der Waals surface area contributed by atoms with Crippen LogP contribution < -0.4 is 9.47 Å². The van der Waals surface area contributed by atoms with Crippen molar-refractivity contribution in [2.45, 2.75) is 19.3 Å². The summed E-state index contributed by atoms with van der Waals surface area (Å²) in [5, 5.41) is 35.7. The van der Waals surface area contributed by atoms with Gasteiger partial charge in [-0.05, 0) is 43.5 Å². The highest BCUT2D eigenvalue weighted by Crippen LogP contribution is 2.22. The maximum absolute atomic E-state index is 8.92. The summed E-state index contributed by atoms with van der Waals surface area (Å²) in [5.74, 6) is 1.27. The van der Waals surface area contributed by atoms with E-state index in [1.807, 2.05) is 60.7 Å². The van der Waals surface area contributed by atoms with Gasteiger partial charge >= 0.3 is 0 Å². The zero-order valence-electron chi connectivity index (χ0n) is 16.9. The number of hydrogen-bond acceptors (Lipinski definition) is 6. The fourth-order valence-corrected chi connectivity index (χ4v) is 2.70. The molecule has 0 bridgehead atoms. The minimum atomic E-state index is 0.0278. The molecule has 6 nitrogen and oxygen atoms in total. The maximum Gasteiger partial charge on any atom is 0.130 e. The first-order valence-corrected chi connectivity index (χ1v) is 9.69. The lowest BCUT2D eigenvalue weighted by Gasteiger charge is -2.10. The van der Waals surface area contributed by atoms with E-state index in [1.165, 1.54) is 12.2 Å². The van der Waals surface area contributed by atoms with Crippen LogP contribution in [0.4, 0.5) is 0 Å². The molecule has 31 heavy (non-hydrogen) atoms. The van der Waals surface area contributed by atoms with Gasteiger partial charge in [-0.2, -0.15) is 21.0 Å². The highest BCUT2D eigenvalue weighted by Gasteiger charge is 2.04. The van der Waals surface area contributed by atoms with Crippen molar-refractivity contribution in [3.63, 3.8) is 0 Å². The number of unbranched alkanes of at least 4 members (excludes halogenated alkanes) is 2. The number of benzene rings is 2. The van der Waals surface area contributed by atoms with Crippen LogP contribution in [0.15, 0.2) is 59.7 Å². The molecule has 0 fully saturated rings. The van der Waals surface area contributed by atoms with Crippen molar-refractivity contribution < 1.29 is 9.47 Å². The van der Waals surface area contributed by atoms with Crippen molar-refractivity contribution in [1.29, 1.82) is 21.0 Å². The Hall–Kier alpha value is -4.52. The zero-order chi connectivity index (χ0) is 22.3. The summed E-state index contributed by atoms with van der Waals surface area (Å²) in [6.07, 6.45) is 5.55. The van der Waals surface area contributed by atoms with E-state index < -0.39 is 0 Å². The number of ether oxygens (including phenoxy) is 2. The van der Waals surface area contributed by atoms with Crippen LogP contribution in [0.3, 0.4) is 0 Å². The molecule has 0 heterocycles. The number of nitriles is 4. The average Bonchev–Trinajstić information content (AvgIpc) is 2.81. The van der Waals surface area contributed by atoms with E-state index in [0.29, 0.717) is 35.8 Å². The standard InChI is InChI=1S/C25H20N4O2/c26-16-20(17-27)14-22-8-2-4-10-24(22)30-12-6-1-7-13-31-25-11-5-3-9-23(25)15-21(18-28)19-29/h2-5,8-11,14-15H,1,6-7,12-13H2. The second kappa shape index (κ2) is 12.8. The molecule has 6 heteroatoms. The third kappa shape index (κ3) is 7.43. The van der Waals surface area contributed by atoms with E-state index in [0.717, 1.165) is 19.3 Å². The van der Waals surface area contributed by atoms with Gasteiger partial charge in [-0.3, -0.25) is 0 Å². The number of nitrogens with zero attached hydrogens (tertiary/aromatic N) is 4. The number of allylic oxidation sites excluding steroid dienone is 2. The first kappa shape index (κ1) is 22.8. The van der Waals surface area contributed by atoms with Gasteiger partial charge in [0, 0.05) is 11.1 Å². The molecule has 0 radical (unpaired) electrons. The molecule has 0 saturated carbocycles. The molecule has 0 saturated heterocycles. The largest absolute Gasteiger partial charge is 0.493 e. The van der Waals surface area contributed by atoms with Gasteiger partial charge in [-0.1, -0.05) is 36.4 Å². The Labute approximate surface area is 182 Å². The molecule has 2 aromatic carbocycles. The van der Waals surface area contributed by atoms with Gasteiger partial charge in [-0.15, -0.1) is 0 Å². The lowest BCUT2D eigenvalue weighted by Crippen LogP contribution is -2.02. The third-order valence-corrected chi connectivity index (χ3v) is 4.22. The van der Waals surface area contributed by atoms with Gasteiger partial charge in [0.25, 0.3) is 0 Å². The Bertz CT molecular complexity index is 1000. The second-order valence-electron chi connectivity index (χ2n) is 6.40. The Balaban J connectivity index is 1.80. The maximum atomic E-state index is 8.92. The highest BCUT2D eigenvalue weighted by atomic mass is 16.5. The van der Waals surface area contributed by atoms with E-state index in [1.54, 1.807) is 12.1 Å². The summed E-state index contributed by atoms with van der Waals surface area (Å²) < 4.78 is 11.6. The summed E-state index contributed by atoms with van der Waals surface area (Å²) >= 11 is 0. The quantitative estimate of drug-likeness (QED) is 0.395.